The summed E-state index contributed by atoms with van der Waals surface area (Å²) in [4.78, 5) is 31.2. The average molecular weight is 360 g/mol. The molecule has 0 unspecified atom stereocenters. The van der Waals surface area contributed by atoms with Crippen molar-refractivity contribution in [3.8, 4) is 0 Å². The van der Waals surface area contributed by atoms with Crippen LogP contribution in [-0.4, -0.2) is 81.3 Å². The lowest BCUT2D eigenvalue weighted by Gasteiger charge is -2.40. The second-order valence-electron chi connectivity index (χ2n) is 7.26. The largest absolute Gasteiger partial charge is 0.465 e. The molecule has 1 aromatic rings. The predicted molar refractivity (Wildman–Crippen MR) is 100 cm³/mol. The second kappa shape index (κ2) is 7.63. The minimum atomic E-state index is -0.482. The van der Waals surface area contributed by atoms with Gasteiger partial charge in [0.05, 0.1) is 19.3 Å². The summed E-state index contributed by atoms with van der Waals surface area (Å²) in [6.07, 6.45) is 1.59. The molecule has 0 atom stereocenters. The van der Waals surface area contributed by atoms with Gasteiger partial charge in [-0.1, -0.05) is 0 Å². The molecule has 2 aliphatic rings. The van der Waals surface area contributed by atoms with Crippen LogP contribution >= 0.6 is 0 Å². The number of carbonyl (C=O) groups is 2. The summed E-state index contributed by atoms with van der Waals surface area (Å²) >= 11 is 0. The minimum Gasteiger partial charge on any atom is -0.465 e. The lowest BCUT2D eigenvalue weighted by atomic mass is 9.86. The van der Waals surface area contributed by atoms with Crippen molar-refractivity contribution in [3.63, 3.8) is 0 Å². The van der Waals surface area contributed by atoms with Crippen molar-refractivity contribution in [2.24, 2.45) is 0 Å². The number of hydrogen-bond acceptors (Lipinski definition) is 6. The summed E-state index contributed by atoms with van der Waals surface area (Å²) in [5.74, 6) is -0.129. The van der Waals surface area contributed by atoms with Crippen molar-refractivity contribution in [1.29, 1.82) is 0 Å². The molecule has 3 rings (SSSR count). The van der Waals surface area contributed by atoms with Gasteiger partial charge >= 0.3 is 5.97 Å². The number of benzene rings is 1. The highest BCUT2D eigenvalue weighted by atomic mass is 16.5. The van der Waals surface area contributed by atoms with Gasteiger partial charge in [0.15, 0.2) is 0 Å². The standard InChI is InChI=1S/C19H28N4O3/c1-21(2)12-13-22-14-23(19(18(22)25)8-10-20-11-9-19)16-6-4-15(5-7-16)17(24)26-3/h4-7,20H,8-14H2,1-3H3. The van der Waals surface area contributed by atoms with Crippen molar-refractivity contribution in [3.05, 3.63) is 29.8 Å². The molecule has 1 spiro atoms. The third-order valence-corrected chi connectivity index (χ3v) is 5.36. The SMILES string of the molecule is COC(=O)c1ccc(N2CN(CCN(C)C)C(=O)C23CCNCC3)cc1. The number of nitrogens with one attached hydrogen (secondary N) is 1. The van der Waals surface area contributed by atoms with Crippen molar-refractivity contribution < 1.29 is 14.3 Å². The predicted octanol–water partition coefficient (Wildman–Crippen LogP) is 0.763. The number of carbonyl (C=O) groups excluding carboxylic acids is 2. The highest BCUT2D eigenvalue weighted by Crippen LogP contribution is 2.38. The number of piperidine rings is 1. The van der Waals surface area contributed by atoms with Gasteiger partial charge in [0.2, 0.25) is 5.91 Å². The highest BCUT2D eigenvalue weighted by molar-refractivity contribution is 5.94. The summed E-state index contributed by atoms with van der Waals surface area (Å²) in [5, 5.41) is 3.36. The normalized spacial score (nSPS) is 19.5. The van der Waals surface area contributed by atoms with E-state index in [0.717, 1.165) is 44.7 Å². The molecule has 2 saturated heterocycles. The molecule has 0 radical (unpaired) electrons. The van der Waals surface area contributed by atoms with E-state index in [-0.39, 0.29) is 11.9 Å². The van der Waals surface area contributed by atoms with Gasteiger partial charge < -0.3 is 24.8 Å². The van der Waals surface area contributed by atoms with E-state index in [0.29, 0.717) is 12.2 Å². The van der Waals surface area contributed by atoms with Crippen molar-refractivity contribution in [2.75, 3.05) is 59.0 Å². The van der Waals surface area contributed by atoms with E-state index >= 15 is 0 Å². The van der Waals surface area contributed by atoms with Crippen molar-refractivity contribution in [1.82, 2.24) is 15.1 Å². The number of nitrogens with zero attached hydrogens (tertiary/aromatic N) is 3. The van der Waals surface area contributed by atoms with Crippen molar-refractivity contribution >= 4 is 17.6 Å². The van der Waals surface area contributed by atoms with Crippen LogP contribution in [0.1, 0.15) is 23.2 Å². The molecular weight excluding hydrogens is 332 g/mol. The first kappa shape index (κ1) is 18.7. The molecule has 0 saturated carbocycles. The molecule has 142 valence electrons. The molecule has 1 amide bonds. The maximum atomic E-state index is 13.3. The highest BCUT2D eigenvalue weighted by Gasteiger charge is 2.52. The first-order valence-electron chi connectivity index (χ1n) is 9.09. The van der Waals surface area contributed by atoms with E-state index in [1.165, 1.54) is 7.11 Å². The minimum absolute atomic E-state index is 0.220. The Labute approximate surface area is 154 Å². The number of ether oxygens (including phenoxy) is 1. The number of rotatable bonds is 5. The van der Waals surface area contributed by atoms with Gasteiger partial charge in [0.1, 0.15) is 5.54 Å². The summed E-state index contributed by atoms with van der Waals surface area (Å²) in [5.41, 5.74) is 1.01. The van der Waals surface area contributed by atoms with E-state index in [2.05, 4.69) is 15.1 Å². The molecule has 0 aliphatic carbocycles. The molecule has 2 aliphatic heterocycles. The third kappa shape index (κ3) is 3.41. The van der Waals surface area contributed by atoms with Crippen molar-refractivity contribution in [2.45, 2.75) is 18.4 Å². The fraction of sp³-hybridized carbons (Fsp3) is 0.579. The number of esters is 1. The molecule has 26 heavy (non-hydrogen) atoms. The smallest absolute Gasteiger partial charge is 0.337 e. The molecule has 0 bridgehead atoms. The van der Waals surface area contributed by atoms with Crippen LogP contribution in [0.3, 0.4) is 0 Å². The van der Waals surface area contributed by atoms with Crippen LogP contribution in [0.4, 0.5) is 5.69 Å². The summed E-state index contributed by atoms with van der Waals surface area (Å²) in [6.45, 7) is 3.82. The van der Waals surface area contributed by atoms with Crippen LogP contribution in [0.15, 0.2) is 24.3 Å². The molecular formula is C19H28N4O3. The monoisotopic (exact) mass is 360 g/mol. The lowest BCUT2D eigenvalue weighted by molar-refractivity contribution is -0.133. The fourth-order valence-corrected chi connectivity index (χ4v) is 3.82. The quantitative estimate of drug-likeness (QED) is 0.783. The second-order valence-corrected chi connectivity index (χ2v) is 7.26. The number of anilines is 1. The first-order chi connectivity index (χ1) is 12.5. The number of methoxy groups -OCH3 is 1. The first-order valence-corrected chi connectivity index (χ1v) is 9.09. The Kier molecular flexibility index (Phi) is 5.48. The average Bonchev–Trinajstić information content (AvgIpc) is 2.92. The molecule has 2 heterocycles. The Bertz CT molecular complexity index is 653. The van der Waals surface area contributed by atoms with E-state index in [9.17, 15) is 9.59 Å². The van der Waals surface area contributed by atoms with Gasteiger partial charge in [-0.2, -0.15) is 0 Å². The van der Waals surface area contributed by atoms with Gasteiger partial charge in [-0.15, -0.1) is 0 Å². The molecule has 0 aromatic heterocycles. The Hall–Kier alpha value is -2.12. The van der Waals surface area contributed by atoms with E-state index in [1.54, 1.807) is 12.1 Å². The van der Waals surface area contributed by atoms with Crippen LogP contribution in [0.5, 0.6) is 0 Å². The van der Waals surface area contributed by atoms with Crippen LogP contribution < -0.4 is 10.2 Å². The van der Waals surface area contributed by atoms with Crippen LogP contribution in [0.25, 0.3) is 0 Å². The maximum Gasteiger partial charge on any atom is 0.337 e. The number of likely N-dealkylation sites (N-methyl/N-ethyl adjacent to an activating group) is 1. The molecule has 7 heteroatoms. The Morgan fingerprint density at radius 3 is 2.46 bits per heavy atom. The molecule has 1 N–H and O–H groups in total. The zero-order valence-corrected chi connectivity index (χ0v) is 15.8. The van der Waals surface area contributed by atoms with Gasteiger partial charge in [0.25, 0.3) is 0 Å². The Morgan fingerprint density at radius 2 is 1.88 bits per heavy atom. The van der Waals surface area contributed by atoms with Crippen LogP contribution in [-0.2, 0) is 9.53 Å². The molecule has 2 fully saturated rings. The fourth-order valence-electron chi connectivity index (χ4n) is 3.82. The maximum absolute atomic E-state index is 13.3. The van der Waals surface area contributed by atoms with Crippen LogP contribution in [0.2, 0.25) is 0 Å². The van der Waals surface area contributed by atoms with Gasteiger partial charge in [-0.3, -0.25) is 4.79 Å². The van der Waals surface area contributed by atoms with Gasteiger partial charge in [-0.25, -0.2) is 4.79 Å². The van der Waals surface area contributed by atoms with E-state index < -0.39 is 5.54 Å². The number of hydrogen-bond donors (Lipinski definition) is 1. The van der Waals surface area contributed by atoms with Crippen LogP contribution in [0, 0.1) is 0 Å². The molecule has 7 nitrogen and oxygen atoms in total. The van der Waals surface area contributed by atoms with Gasteiger partial charge in [-0.05, 0) is 64.3 Å². The third-order valence-electron chi connectivity index (χ3n) is 5.36. The topological polar surface area (TPSA) is 65.1 Å². The Morgan fingerprint density at radius 1 is 1.23 bits per heavy atom. The lowest BCUT2D eigenvalue weighted by Crippen LogP contribution is -2.55. The zero-order chi connectivity index (χ0) is 18.7. The number of amides is 1. The van der Waals surface area contributed by atoms with E-state index in [1.807, 2.05) is 31.1 Å². The Balaban J connectivity index is 1.87. The zero-order valence-electron chi connectivity index (χ0n) is 15.8. The summed E-state index contributed by atoms with van der Waals surface area (Å²) in [7, 11) is 5.41. The van der Waals surface area contributed by atoms with E-state index in [4.69, 9.17) is 4.74 Å². The molecule has 1 aromatic carbocycles. The summed E-state index contributed by atoms with van der Waals surface area (Å²) < 4.78 is 4.77. The summed E-state index contributed by atoms with van der Waals surface area (Å²) in [6, 6.07) is 7.36. The van der Waals surface area contributed by atoms with Gasteiger partial charge in [0, 0.05) is 18.8 Å².